The molecule has 0 bridgehead atoms. The van der Waals surface area contributed by atoms with Crippen molar-refractivity contribution >= 4 is 0 Å². The van der Waals surface area contributed by atoms with Gasteiger partial charge >= 0.3 is 0 Å². The van der Waals surface area contributed by atoms with Crippen molar-refractivity contribution in [3.05, 3.63) is 35.9 Å². The van der Waals surface area contributed by atoms with Crippen molar-refractivity contribution < 1.29 is 0 Å². The first kappa shape index (κ1) is 13.6. The van der Waals surface area contributed by atoms with Crippen molar-refractivity contribution in [3.63, 3.8) is 0 Å². The van der Waals surface area contributed by atoms with Gasteiger partial charge in [0.1, 0.15) is 0 Å². The normalized spacial score (nSPS) is 22.2. The SMILES string of the molecule is CCCC1CCN(C(CNC)c2ccccc2)C1. The Hall–Kier alpha value is -0.860. The number of likely N-dealkylation sites (N-methyl/N-ethyl adjacent to an activating group) is 1. The van der Waals surface area contributed by atoms with Crippen LogP contribution in [0, 0.1) is 5.92 Å². The third-order valence-corrected chi connectivity index (χ3v) is 4.04. The monoisotopic (exact) mass is 246 g/mol. The Morgan fingerprint density at radius 3 is 2.78 bits per heavy atom. The number of likely N-dealkylation sites (tertiary alicyclic amines) is 1. The van der Waals surface area contributed by atoms with Gasteiger partial charge in [-0.3, -0.25) is 4.90 Å². The zero-order chi connectivity index (χ0) is 12.8. The van der Waals surface area contributed by atoms with E-state index in [4.69, 9.17) is 0 Å². The van der Waals surface area contributed by atoms with Crippen molar-refractivity contribution in [3.8, 4) is 0 Å². The van der Waals surface area contributed by atoms with E-state index < -0.39 is 0 Å². The molecular weight excluding hydrogens is 220 g/mol. The van der Waals surface area contributed by atoms with E-state index in [0.717, 1.165) is 12.5 Å². The molecule has 1 aliphatic rings. The summed E-state index contributed by atoms with van der Waals surface area (Å²) < 4.78 is 0. The lowest BCUT2D eigenvalue weighted by molar-refractivity contribution is 0.231. The van der Waals surface area contributed by atoms with Crippen molar-refractivity contribution in [2.75, 3.05) is 26.7 Å². The standard InChI is InChI=1S/C16H26N2/c1-3-7-14-10-11-18(13-14)16(12-17-2)15-8-5-4-6-9-15/h4-6,8-9,14,16-17H,3,7,10-13H2,1-2H3. The molecule has 2 rings (SSSR count). The van der Waals surface area contributed by atoms with E-state index in [1.807, 2.05) is 0 Å². The molecule has 0 spiro atoms. The molecule has 2 unspecified atom stereocenters. The number of nitrogens with zero attached hydrogens (tertiary/aromatic N) is 1. The second-order valence-corrected chi connectivity index (χ2v) is 5.42. The highest BCUT2D eigenvalue weighted by Crippen LogP contribution is 2.29. The third-order valence-electron chi connectivity index (χ3n) is 4.04. The van der Waals surface area contributed by atoms with Gasteiger partial charge in [0.2, 0.25) is 0 Å². The molecule has 1 saturated heterocycles. The smallest absolute Gasteiger partial charge is 0.0472 e. The largest absolute Gasteiger partial charge is 0.318 e. The molecule has 0 radical (unpaired) electrons. The molecule has 0 amide bonds. The first-order valence-corrected chi connectivity index (χ1v) is 7.28. The highest BCUT2D eigenvalue weighted by molar-refractivity contribution is 5.19. The van der Waals surface area contributed by atoms with Crippen LogP contribution in [-0.4, -0.2) is 31.6 Å². The second-order valence-electron chi connectivity index (χ2n) is 5.42. The minimum Gasteiger partial charge on any atom is -0.318 e. The lowest BCUT2D eigenvalue weighted by Crippen LogP contribution is -2.33. The van der Waals surface area contributed by atoms with E-state index in [1.54, 1.807) is 0 Å². The summed E-state index contributed by atoms with van der Waals surface area (Å²) in [5, 5.41) is 3.35. The Labute approximate surface area is 111 Å². The van der Waals surface area contributed by atoms with Gasteiger partial charge in [0.05, 0.1) is 0 Å². The summed E-state index contributed by atoms with van der Waals surface area (Å²) in [5.41, 5.74) is 1.45. The Morgan fingerprint density at radius 1 is 1.33 bits per heavy atom. The van der Waals surface area contributed by atoms with Crippen LogP contribution < -0.4 is 5.32 Å². The molecule has 2 atom stereocenters. The van der Waals surface area contributed by atoms with Gasteiger partial charge in [0.15, 0.2) is 0 Å². The number of rotatable bonds is 6. The highest BCUT2D eigenvalue weighted by atomic mass is 15.2. The maximum Gasteiger partial charge on any atom is 0.0472 e. The van der Waals surface area contributed by atoms with Crippen LogP contribution >= 0.6 is 0 Å². The van der Waals surface area contributed by atoms with E-state index in [2.05, 4.69) is 54.5 Å². The molecule has 0 aromatic heterocycles. The number of nitrogens with one attached hydrogen (secondary N) is 1. The van der Waals surface area contributed by atoms with E-state index in [9.17, 15) is 0 Å². The maximum atomic E-state index is 3.35. The number of benzene rings is 1. The average molecular weight is 246 g/mol. The Kier molecular flexibility index (Phi) is 5.21. The summed E-state index contributed by atoms with van der Waals surface area (Å²) in [5.74, 6) is 0.915. The molecule has 2 nitrogen and oxygen atoms in total. The molecule has 1 N–H and O–H groups in total. The summed E-state index contributed by atoms with van der Waals surface area (Å²) in [6.45, 7) is 5.87. The van der Waals surface area contributed by atoms with E-state index in [-0.39, 0.29) is 0 Å². The lowest BCUT2D eigenvalue weighted by atomic mass is 10.0. The van der Waals surface area contributed by atoms with Crippen LogP contribution in [-0.2, 0) is 0 Å². The molecule has 1 aromatic rings. The molecule has 0 aliphatic carbocycles. The molecule has 18 heavy (non-hydrogen) atoms. The summed E-state index contributed by atoms with van der Waals surface area (Å²) in [6, 6.07) is 11.5. The van der Waals surface area contributed by atoms with E-state index in [0.29, 0.717) is 6.04 Å². The van der Waals surface area contributed by atoms with Gasteiger partial charge in [-0.05, 0) is 37.9 Å². The topological polar surface area (TPSA) is 15.3 Å². The third kappa shape index (κ3) is 3.33. The Balaban J connectivity index is 2.03. The zero-order valence-corrected chi connectivity index (χ0v) is 11.7. The van der Waals surface area contributed by atoms with Crippen molar-refractivity contribution in [1.82, 2.24) is 10.2 Å². The zero-order valence-electron chi connectivity index (χ0n) is 11.7. The summed E-state index contributed by atoms with van der Waals surface area (Å²) >= 11 is 0. The fraction of sp³-hybridized carbons (Fsp3) is 0.625. The van der Waals surface area contributed by atoms with Gasteiger partial charge in [-0.1, -0.05) is 43.7 Å². The molecule has 1 fully saturated rings. The Bertz CT molecular complexity index is 336. The van der Waals surface area contributed by atoms with Crippen LogP contribution in [0.3, 0.4) is 0 Å². The molecule has 1 aromatic carbocycles. The quantitative estimate of drug-likeness (QED) is 0.830. The van der Waals surface area contributed by atoms with E-state index >= 15 is 0 Å². The highest BCUT2D eigenvalue weighted by Gasteiger charge is 2.28. The van der Waals surface area contributed by atoms with Crippen LogP contribution in [0.4, 0.5) is 0 Å². The van der Waals surface area contributed by atoms with Crippen LogP contribution in [0.25, 0.3) is 0 Å². The predicted molar refractivity (Wildman–Crippen MR) is 77.7 cm³/mol. The minimum absolute atomic E-state index is 0.540. The van der Waals surface area contributed by atoms with Gasteiger partial charge in [0.25, 0.3) is 0 Å². The van der Waals surface area contributed by atoms with Crippen molar-refractivity contribution in [2.45, 2.75) is 32.2 Å². The van der Waals surface area contributed by atoms with Gasteiger partial charge in [-0.2, -0.15) is 0 Å². The van der Waals surface area contributed by atoms with Gasteiger partial charge in [-0.15, -0.1) is 0 Å². The maximum absolute atomic E-state index is 3.35. The van der Waals surface area contributed by atoms with Crippen LogP contribution in [0.15, 0.2) is 30.3 Å². The lowest BCUT2D eigenvalue weighted by Gasteiger charge is -2.28. The minimum atomic E-state index is 0.540. The van der Waals surface area contributed by atoms with Gasteiger partial charge in [-0.25, -0.2) is 0 Å². The molecule has 1 aliphatic heterocycles. The number of hydrogen-bond acceptors (Lipinski definition) is 2. The van der Waals surface area contributed by atoms with Gasteiger partial charge < -0.3 is 5.32 Å². The van der Waals surface area contributed by atoms with Crippen LogP contribution in [0.5, 0.6) is 0 Å². The van der Waals surface area contributed by atoms with E-state index in [1.165, 1.54) is 37.9 Å². The molecule has 1 heterocycles. The first-order valence-electron chi connectivity index (χ1n) is 7.28. The Morgan fingerprint density at radius 2 is 2.11 bits per heavy atom. The fourth-order valence-electron chi connectivity index (χ4n) is 3.12. The summed E-state index contributed by atoms with van der Waals surface area (Å²) in [6.07, 6.45) is 4.08. The first-order chi connectivity index (χ1) is 8.85. The van der Waals surface area contributed by atoms with Gasteiger partial charge in [0, 0.05) is 19.1 Å². The molecule has 2 heteroatoms. The number of hydrogen-bond donors (Lipinski definition) is 1. The van der Waals surface area contributed by atoms with Crippen molar-refractivity contribution in [1.29, 1.82) is 0 Å². The second kappa shape index (κ2) is 6.91. The van der Waals surface area contributed by atoms with Crippen LogP contribution in [0.1, 0.15) is 37.8 Å². The fourth-order valence-corrected chi connectivity index (χ4v) is 3.12. The van der Waals surface area contributed by atoms with Crippen LogP contribution in [0.2, 0.25) is 0 Å². The molecular formula is C16H26N2. The predicted octanol–water partition coefficient (Wildman–Crippen LogP) is 3.07. The summed E-state index contributed by atoms with van der Waals surface area (Å²) in [7, 11) is 2.05. The van der Waals surface area contributed by atoms with Crippen molar-refractivity contribution in [2.24, 2.45) is 5.92 Å². The summed E-state index contributed by atoms with van der Waals surface area (Å²) in [4.78, 5) is 2.66. The molecule has 100 valence electrons. The average Bonchev–Trinajstić information content (AvgIpc) is 2.86. The molecule has 0 saturated carbocycles.